The summed E-state index contributed by atoms with van der Waals surface area (Å²) in [5.74, 6) is 0.977. The number of likely N-dealkylation sites (N-methyl/N-ethyl adjacent to an activating group) is 1. The van der Waals surface area contributed by atoms with Gasteiger partial charge in [-0.25, -0.2) is 0 Å². The van der Waals surface area contributed by atoms with Crippen LogP contribution in [0.4, 0.5) is 0 Å². The van der Waals surface area contributed by atoms with E-state index in [2.05, 4.69) is 27.8 Å². The SMILES string of the molecule is CCN(C1CCCCC1)C(CN)c1occc1Br. The van der Waals surface area contributed by atoms with E-state index in [1.54, 1.807) is 6.26 Å². The van der Waals surface area contributed by atoms with E-state index < -0.39 is 0 Å². The van der Waals surface area contributed by atoms with E-state index in [9.17, 15) is 0 Å². The zero-order valence-electron chi connectivity index (χ0n) is 11.1. The van der Waals surface area contributed by atoms with Crippen LogP contribution >= 0.6 is 15.9 Å². The first kappa shape index (κ1) is 14.1. The molecule has 0 radical (unpaired) electrons. The van der Waals surface area contributed by atoms with Crippen LogP contribution in [0.3, 0.4) is 0 Å². The average molecular weight is 315 g/mol. The Morgan fingerprint density at radius 2 is 2.17 bits per heavy atom. The molecule has 1 aliphatic carbocycles. The van der Waals surface area contributed by atoms with Gasteiger partial charge in [0.1, 0.15) is 5.76 Å². The third-order valence-electron chi connectivity index (χ3n) is 3.98. The van der Waals surface area contributed by atoms with Crippen LogP contribution in [0.25, 0.3) is 0 Å². The van der Waals surface area contributed by atoms with E-state index in [0.717, 1.165) is 16.8 Å². The zero-order chi connectivity index (χ0) is 13.0. The van der Waals surface area contributed by atoms with Gasteiger partial charge in [0.25, 0.3) is 0 Å². The Hall–Kier alpha value is -0.320. The highest BCUT2D eigenvalue weighted by Gasteiger charge is 2.29. The van der Waals surface area contributed by atoms with Gasteiger partial charge in [0, 0.05) is 12.6 Å². The molecule has 1 aliphatic rings. The number of halogens is 1. The van der Waals surface area contributed by atoms with Gasteiger partial charge in [-0.2, -0.15) is 0 Å². The first-order valence-corrected chi connectivity index (χ1v) is 7.76. The quantitative estimate of drug-likeness (QED) is 0.901. The highest BCUT2D eigenvalue weighted by Crippen LogP contribution is 2.33. The van der Waals surface area contributed by atoms with Gasteiger partial charge in [0.05, 0.1) is 16.8 Å². The zero-order valence-corrected chi connectivity index (χ0v) is 12.7. The smallest absolute Gasteiger partial charge is 0.136 e. The third-order valence-corrected chi connectivity index (χ3v) is 4.63. The Balaban J connectivity index is 2.15. The summed E-state index contributed by atoms with van der Waals surface area (Å²) in [6.45, 7) is 3.85. The van der Waals surface area contributed by atoms with Crippen LogP contribution in [0, 0.1) is 0 Å². The van der Waals surface area contributed by atoms with E-state index in [4.69, 9.17) is 10.2 Å². The molecule has 1 aromatic rings. The van der Waals surface area contributed by atoms with Crippen LogP contribution in [0.15, 0.2) is 21.2 Å². The first-order valence-electron chi connectivity index (χ1n) is 6.96. The van der Waals surface area contributed by atoms with E-state index in [0.29, 0.717) is 12.6 Å². The summed E-state index contributed by atoms with van der Waals surface area (Å²) in [4.78, 5) is 2.52. The Morgan fingerprint density at radius 3 is 2.67 bits per heavy atom. The lowest BCUT2D eigenvalue weighted by Gasteiger charge is -2.38. The van der Waals surface area contributed by atoms with Gasteiger partial charge in [0.2, 0.25) is 0 Å². The van der Waals surface area contributed by atoms with Gasteiger partial charge in [-0.15, -0.1) is 0 Å². The van der Waals surface area contributed by atoms with Crippen molar-refractivity contribution in [2.24, 2.45) is 5.73 Å². The van der Waals surface area contributed by atoms with Crippen LogP contribution in [0.2, 0.25) is 0 Å². The molecule has 3 nitrogen and oxygen atoms in total. The fourth-order valence-corrected chi connectivity index (χ4v) is 3.55. The standard InChI is InChI=1S/C14H23BrN2O/c1-2-17(11-6-4-3-5-7-11)13(10-16)14-12(15)8-9-18-14/h8-9,11,13H,2-7,10,16H2,1H3. The van der Waals surface area contributed by atoms with Crippen molar-refractivity contribution in [3.63, 3.8) is 0 Å². The molecule has 1 heterocycles. The molecule has 1 atom stereocenters. The molecule has 1 aromatic heterocycles. The van der Waals surface area contributed by atoms with Crippen LogP contribution in [0.1, 0.15) is 50.8 Å². The monoisotopic (exact) mass is 314 g/mol. The average Bonchev–Trinajstić information content (AvgIpc) is 2.83. The second-order valence-corrected chi connectivity index (χ2v) is 5.86. The second-order valence-electron chi connectivity index (χ2n) is 5.01. The fourth-order valence-electron chi connectivity index (χ4n) is 3.08. The number of hydrogen-bond donors (Lipinski definition) is 1. The molecular weight excluding hydrogens is 292 g/mol. The molecule has 0 saturated heterocycles. The highest BCUT2D eigenvalue weighted by atomic mass is 79.9. The Morgan fingerprint density at radius 1 is 1.44 bits per heavy atom. The van der Waals surface area contributed by atoms with Crippen molar-refractivity contribution in [3.05, 3.63) is 22.6 Å². The number of rotatable bonds is 5. The first-order chi connectivity index (χ1) is 8.77. The molecule has 1 unspecified atom stereocenters. The van der Waals surface area contributed by atoms with E-state index in [1.807, 2.05) is 6.07 Å². The topological polar surface area (TPSA) is 42.4 Å². The number of nitrogens with two attached hydrogens (primary N) is 1. The molecule has 2 N–H and O–H groups in total. The van der Waals surface area contributed by atoms with E-state index in [1.165, 1.54) is 32.1 Å². The number of furan rings is 1. The Bertz CT molecular complexity index is 360. The largest absolute Gasteiger partial charge is 0.466 e. The van der Waals surface area contributed by atoms with Crippen molar-refractivity contribution in [2.75, 3.05) is 13.1 Å². The second kappa shape index (κ2) is 6.73. The molecule has 0 amide bonds. The van der Waals surface area contributed by atoms with Gasteiger partial charge >= 0.3 is 0 Å². The summed E-state index contributed by atoms with van der Waals surface area (Å²) < 4.78 is 6.66. The summed E-state index contributed by atoms with van der Waals surface area (Å²) in [5.41, 5.74) is 5.99. The normalized spacial score (nSPS) is 19.3. The lowest BCUT2D eigenvalue weighted by Crippen LogP contribution is -2.42. The third kappa shape index (κ3) is 2.98. The maximum atomic E-state index is 5.99. The highest BCUT2D eigenvalue weighted by molar-refractivity contribution is 9.10. The van der Waals surface area contributed by atoms with Crippen molar-refractivity contribution in [1.29, 1.82) is 0 Å². The van der Waals surface area contributed by atoms with Crippen molar-refractivity contribution in [3.8, 4) is 0 Å². The summed E-state index contributed by atoms with van der Waals surface area (Å²) >= 11 is 3.55. The minimum atomic E-state index is 0.197. The Labute approximate surface area is 118 Å². The summed E-state index contributed by atoms with van der Waals surface area (Å²) in [7, 11) is 0. The molecule has 18 heavy (non-hydrogen) atoms. The molecular formula is C14H23BrN2O. The van der Waals surface area contributed by atoms with Gasteiger partial charge < -0.3 is 10.2 Å². The summed E-state index contributed by atoms with van der Waals surface area (Å²) in [5, 5.41) is 0. The molecule has 4 heteroatoms. The maximum absolute atomic E-state index is 5.99. The fraction of sp³-hybridized carbons (Fsp3) is 0.714. The molecule has 1 saturated carbocycles. The minimum absolute atomic E-state index is 0.197. The van der Waals surface area contributed by atoms with Crippen molar-refractivity contribution in [1.82, 2.24) is 4.90 Å². The molecule has 102 valence electrons. The molecule has 0 aliphatic heterocycles. The van der Waals surface area contributed by atoms with Crippen LogP contribution < -0.4 is 5.73 Å². The van der Waals surface area contributed by atoms with E-state index >= 15 is 0 Å². The van der Waals surface area contributed by atoms with Gasteiger partial charge in [0.15, 0.2) is 0 Å². The number of hydrogen-bond acceptors (Lipinski definition) is 3. The van der Waals surface area contributed by atoms with Crippen molar-refractivity contribution >= 4 is 15.9 Å². The van der Waals surface area contributed by atoms with Crippen LogP contribution in [-0.4, -0.2) is 24.0 Å². The summed E-state index contributed by atoms with van der Waals surface area (Å²) in [6, 6.07) is 2.81. The van der Waals surface area contributed by atoms with Gasteiger partial charge in [-0.3, -0.25) is 4.90 Å². The maximum Gasteiger partial charge on any atom is 0.136 e. The Kier molecular flexibility index (Phi) is 5.27. The number of nitrogens with zero attached hydrogens (tertiary/aromatic N) is 1. The molecule has 0 bridgehead atoms. The van der Waals surface area contributed by atoms with Crippen molar-refractivity contribution < 1.29 is 4.42 Å². The molecule has 0 aromatic carbocycles. The predicted molar refractivity (Wildman–Crippen MR) is 77.5 cm³/mol. The molecule has 0 spiro atoms. The van der Waals surface area contributed by atoms with Crippen LogP contribution in [0.5, 0.6) is 0 Å². The molecule has 1 fully saturated rings. The van der Waals surface area contributed by atoms with Gasteiger partial charge in [-0.05, 0) is 41.4 Å². The van der Waals surface area contributed by atoms with Crippen molar-refractivity contribution in [2.45, 2.75) is 51.1 Å². The van der Waals surface area contributed by atoms with Gasteiger partial charge in [-0.1, -0.05) is 26.2 Å². The predicted octanol–water partition coefficient (Wildman–Crippen LogP) is 3.70. The molecule has 2 rings (SSSR count). The minimum Gasteiger partial charge on any atom is -0.466 e. The lowest BCUT2D eigenvalue weighted by molar-refractivity contribution is 0.100. The summed E-state index contributed by atoms with van der Waals surface area (Å²) in [6.07, 6.45) is 8.39. The van der Waals surface area contributed by atoms with Crippen LogP contribution in [-0.2, 0) is 0 Å². The van der Waals surface area contributed by atoms with E-state index in [-0.39, 0.29) is 6.04 Å². The lowest BCUT2D eigenvalue weighted by atomic mass is 9.93.